The molecule has 0 radical (unpaired) electrons. The molecule has 2 rings (SSSR count). The van der Waals surface area contributed by atoms with Crippen molar-refractivity contribution in [3.8, 4) is 0 Å². The molecule has 0 aliphatic carbocycles. The van der Waals surface area contributed by atoms with Crippen LogP contribution in [0.2, 0.25) is 0 Å². The molecule has 0 unspecified atom stereocenters. The van der Waals surface area contributed by atoms with Crippen LogP contribution in [0.1, 0.15) is 12.5 Å². The summed E-state index contributed by atoms with van der Waals surface area (Å²) in [4.78, 5) is 11.7. The minimum atomic E-state index is -0.212. The van der Waals surface area contributed by atoms with Crippen molar-refractivity contribution < 1.29 is 14.3 Å². The molecule has 0 atom stereocenters. The number of hydrogen-bond acceptors (Lipinski definition) is 3. The van der Waals surface area contributed by atoms with E-state index in [0.29, 0.717) is 26.2 Å². The summed E-state index contributed by atoms with van der Waals surface area (Å²) in [7, 11) is 0. The van der Waals surface area contributed by atoms with Crippen molar-refractivity contribution in [2.45, 2.75) is 13.3 Å². The molecule has 0 saturated heterocycles. The molecule has 3 heteroatoms. The molecular weight excluding hydrogens is 240 g/mol. The van der Waals surface area contributed by atoms with Crippen LogP contribution in [0.4, 0.5) is 0 Å². The Kier molecular flexibility index (Phi) is 4.93. The van der Waals surface area contributed by atoms with E-state index < -0.39 is 0 Å². The van der Waals surface area contributed by atoms with Crippen LogP contribution in [0, 0.1) is 0 Å². The SMILES string of the molecule is CCOCCOC(=O)Cc1cccc2ccccc12. The van der Waals surface area contributed by atoms with Gasteiger partial charge in [-0.3, -0.25) is 4.79 Å². The maximum Gasteiger partial charge on any atom is 0.310 e. The zero-order valence-corrected chi connectivity index (χ0v) is 11.1. The van der Waals surface area contributed by atoms with Crippen LogP contribution in [0.25, 0.3) is 10.8 Å². The normalized spacial score (nSPS) is 10.6. The van der Waals surface area contributed by atoms with E-state index >= 15 is 0 Å². The monoisotopic (exact) mass is 258 g/mol. The number of ether oxygens (including phenoxy) is 2. The standard InChI is InChI=1S/C16H18O3/c1-2-18-10-11-19-16(17)12-14-8-5-7-13-6-3-4-9-15(13)14/h3-9H,2,10-12H2,1H3. The summed E-state index contributed by atoms with van der Waals surface area (Å²) in [6.07, 6.45) is 0.299. The van der Waals surface area contributed by atoms with Crippen LogP contribution in [0.15, 0.2) is 42.5 Å². The van der Waals surface area contributed by atoms with Crippen molar-refractivity contribution in [3.63, 3.8) is 0 Å². The summed E-state index contributed by atoms with van der Waals surface area (Å²) >= 11 is 0. The Balaban J connectivity index is 1.99. The summed E-state index contributed by atoms with van der Waals surface area (Å²) < 4.78 is 10.3. The molecule has 0 amide bonds. The van der Waals surface area contributed by atoms with Gasteiger partial charge in [0.15, 0.2) is 0 Å². The van der Waals surface area contributed by atoms with E-state index in [1.54, 1.807) is 0 Å². The molecule has 0 heterocycles. The first-order valence-electron chi connectivity index (χ1n) is 6.51. The highest BCUT2D eigenvalue weighted by Crippen LogP contribution is 2.19. The van der Waals surface area contributed by atoms with Crippen molar-refractivity contribution in [1.82, 2.24) is 0 Å². The lowest BCUT2D eigenvalue weighted by Gasteiger charge is -2.07. The highest BCUT2D eigenvalue weighted by Gasteiger charge is 2.07. The van der Waals surface area contributed by atoms with Crippen LogP contribution < -0.4 is 0 Å². The lowest BCUT2D eigenvalue weighted by molar-refractivity contribution is -0.144. The highest BCUT2D eigenvalue weighted by atomic mass is 16.6. The number of hydrogen-bond donors (Lipinski definition) is 0. The summed E-state index contributed by atoms with van der Waals surface area (Å²) in [5.41, 5.74) is 1.000. The predicted octanol–water partition coefficient (Wildman–Crippen LogP) is 2.96. The molecule has 2 aromatic rings. The summed E-state index contributed by atoms with van der Waals surface area (Å²) in [5.74, 6) is -0.212. The number of fused-ring (bicyclic) bond motifs is 1. The Morgan fingerprint density at radius 3 is 2.68 bits per heavy atom. The van der Waals surface area contributed by atoms with E-state index in [1.807, 2.05) is 49.4 Å². The van der Waals surface area contributed by atoms with E-state index in [4.69, 9.17) is 9.47 Å². The Hall–Kier alpha value is -1.87. The predicted molar refractivity (Wildman–Crippen MR) is 75.1 cm³/mol. The van der Waals surface area contributed by atoms with Crippen molar-refractivity contribution in [2.75, 3.05) is 19.8 Å². The van der Waals surface area contributed by atoms with Crippen molar-refractivity contribution >= 4 is 16.7 Å². The first kappa shape index (κ1) is 13.6. The van der Waals surface area contributed by atoms with Crippen molar-refractivity contribution in [2.24, 2.45) is 0 Å². The van der Waals surface area contributed by atoms with Gasteiger partial charge in [-0.15, -0.1) is 0 Å². The van der Waals surface area contributed by atoms with Crippen LogP contribution in [0.3, 0.4) is 0 Å². The molecular formula is C16H18O3. The molecule has 3 nitrogen and oxygen atoms in total. The van der Waals surface area contributed by atoms with Gasteiger partial charge in [-0.05, 0) is 23.3 Å². The minimum Gasteiger partial charge on any atom is -0.463 e. The molecule has 0 aliphatic heterocycles. The van der Waals surface area contributed by atoms with Gasteiger partial charge in [0.25, 0.3) is 0 Å². The lowest BCUT2D eigenvalue weighted by atomic mass is 10.0. The molecule has 0 saturated carbocycles. The average molecular weight is 258 g/mol. The smallest absolute Gasteiger partial charge is 0.310 e. The second-order valence-corrected chi connectivity index (χ2v) is 4.23. The largest absolute Gasteiger partial charge is 0.463 e. The number of benzene rings is 2. The van der Waals surface area contributed by atoms with Crippen molar-refractivity contribution in [3.05, 3.63) is 48.0 Å². The van der Waals surface area contributed by atoms with E-state index in [-0.39, 0.29) is 5.97 Å². The van der Waals surface area contributed by atoms with Crippen LogP contribution >= 0.6 is 0 Å². The Morgan fingerprint density at radius 2 is 1.84 bits per heavy atom. The van der Waals surface area contributed by atoms with Gasteiger partial charge < -0.3 is 9.47 Å². The van der Waals surface area contributed by atoms with Gasteiger partial charge in [0, 0.05) is 6.61 Å². The summed E-state index contributed by atoms with van der Waals surface area (Å²) in [5, 5.41) is 2.24. The quantitative estimate of drug-likeness (QED) is 0.590. The highest BCUT2D eigenvalue weighted by molar-refractivity contribution is 5.88. The van der Waals surface area contributed by atoms with E-state index in [2.05, 4.69) is 0 Å². The van der Waals surface area contributed by atoms with Gasteiger partial charge in [-0.25, -0.2) is 0 Å². The van der Waals surface area contributed by atoms with Crippen LogP contribution in [0.5, 0.6) is 0 Å². The molecule has 0 aliphatic rings. The maximum absolute atomic E-state index is 11.7. The Morgan fingerprint density at radius 1 is 1.05 bits per heavy atom. The Bertz CT molecular complexity index is 543. The molecule has 100 valence electrons. The zero-order valence-electron chi connectivity index (χ0n) is 11.1. The van der Waals surface area contributed by atoms with Crippen LogP contribution in [-0.4, -0.2) is 25.8 Å². The molecule has 19 heavy (non-hydrogen) atoms. The third-order valence-corrected chi connectivity index (χ3v) is 2.91. The number of carbonyl (C=O) groups is 1. The number of carbonyl (C=O) groups excluding carboxylic acids is 1. The van der Waals surface area contributed by atoms with Gasteiger partial charge in [-0.2, -0.15) is 0 Å². The van der Waals surface area contributed by atoms with E-state index in [0.717, 1.165) is 16.3 Å². The fourth-order valence-corrected chi connectivity index (χ4v) is 2.01. The first-order chi connectivity index (χ1) is 9.31. The molecule has 2 aromatic carbocycles. The Labute approximate surface area is 113 Å². The average Bonchev–Trinajstić information content (AvgIpc) is 2.44. The van der Waals surface area contributed by atoms with Crippen LogP contribution in [-0.2, 0) is 20.7 Å². The maximum atomic E-state index is 11.7. The van der Waals surface area contributed by atoms with Gasteiger partial charge in [0.1, 0.15) is 6.61 Å². The topological polar surface area (TPSA) is 35.5 Å². The fraction of sp³-hybridized carbons (Fsp3) is 0.312. The van der Waals surface area contributed by atoms with Crippen molar-refractivity contribution in [1.29, 1.82) is 0 Å². The second kappa shape index (κ2) is 6.90. The second-order valence-electron chi connectivity index (χ2n) is 4.23. The van der Waals surface area contributed by atoms with Gasteiger partial charge >= 0.3 is 5.97 Å². The summed E-state index contributed by atoms with van der Waals surface area (Å²) in [6, 6.07) is 14.0. The van der Waals surface area contributed by atoms with Gasteiger partial charge in [-0.1, -0.05) is 42.5 Å². The minimum absolute atomic E-state index is 0.212. The molecule has 0 fully saturated rings. The number of rotatable bonds is 6. The van der Waals surface area contributed by atoms with Gasteiger partial charge in [0.2, 0.25) is 0 Å². The van der Waals surface area contributed by atoms with E-state index in [1.165, 1.54) is 0 Å². The molecule has 0 spiro atoms. The third kappa shape index (κ3) is 3.80. The fourth-order valence-electron chi connectivity index (χ4n) is 2.01. The third-order valence-electron chi connectivity index (χ3n) is 2.91. The van der Waals surface area contributed by atoms with Gasteiger partial charge in [0.05, 0.1) is 13.0 Å². The molecule has 0 bridgehead atoms. The molecule has 0 aromatic heterocycles. The van der Waals surface area contributed by atoms with E-state index in [9.17, 15) is 4.79 Å². The lowest BCUT2D eigenvalue weighted by Crippen LogP contribution is -2.12. The zero-order chi connectivity index (χ0) is 13.5. The molecule has 0 N–H and O–H groups in total. The first-order valence-corrected chi connectivity index (χ1v) is 6.51. The number of esters is 1. The summed E-state index contributed by atoms with van der Waals surface area (Å²) in [6.45, 7) is 3.33.